The van der Waals surface area contributed by atoms with Crippen molar-refractivity contribution in [3.8, 4) is 0 Å². The van der Waals surface area contributed by atoms with E-state index in [0.29, 0.717) is 5.56 Å². The zero-order chi connectivity index (χ0) is 26.9. The number of carbonyl (C=O) groups excluding carboxylic acids is 2. The number of rotatable bonds is 10. The van der Waals surface area contributed by atoms with Gasteiger partial charge >= 0.3 is 0 Å². The van der Waals surface area contributed by atoms with Crippen LogP contribution in [0.25, 0.3) is 0 Å². The second kappa shape index (κ2) is 12.5. The van der Waals surface area contributed by atoms with Crippen LogP contribution in [0.5, 0.6) is 0 Å². The molecule has 4 aromatic rings. The number of carbonyl (C=O) groups is 2. The van der Waals surface area contributed by atoms with Crippen LogP contribution in [0.4, 0.5) is 5.69 Å². The summed E-state index contributed by atoms with van der Waals surface area (Å²) in [4.78, 5) is 37.9. The molecule has 0 fully saturated rings. The third kappa shape index (κ3) is 6.70. The molecule has 0 heterocycles. The Labute approximate surface area is 221 Å². The number of nitrogens with one attached hydrogen (secondary N) is 2. The average molecular weight is 508 g/mol. The Bertz CT molecular complexity index is 1320. The molecule has 2 atom stereocenters. The molecule has 0 aliphatic heterocycles. The lowest BCUT2D eigenvalue weighted by Gasteiger charge is -2.25. The van der Waals surface area contributed by atoms with E-state index in [4.69, 9.17) is 0 Å². The number of nitro benzene ring substituents is 1. The van der Waals surface area contributed by atoms with Crippen molar-refractivity contribution in [1.82, 2.24) is 10.6 Å². The van der Waals surface area contributed by atoms with Crippen molar-refractivity contribution in [3.63, 3.8) is 0 Å². The number of benzene rings is 4. The van der Waals surface area contributed by atoms with E-state index in [-0.39, 0.29) is 30.0 Å². The lowest BCUT2D eigenvalue weighted by molar-refractivity contribution is -0.384. The molecule has 0 unspecified atom stereocenters. The third-order valence-corrected chi connectivity index (χ3v) is 6.41. The summed E-state index contributed by atoms with van der Waals surface area (Å²) in [6.45, 7) is 1.88. The molecule has 0 spiro atoms. The highest BCUT2D eigenvalue weighted by atomic mass is 16.6. The SMILES string of the molecule is C[C@@H](NC(=O)[C@H](Cc1ccc([N+](=O)[O-])cc1)NC(=O)C(c1ccccc1)c1ccccc1)c1ccccc1. The summed E-state index contributed by atoms with van der Waals surface area (Å²) in [7, 11) is 0. The van der Waals surface area contributed by atoms with Crippen LogP contribution in [-0.2, 0) is 16.0 Å². The number of hydrogen-bond donors (Lipinski definition) is 2. The minimum absolute atomic E-state index is 0.0373. The maximum absolute atomic E-state index is 13.8. The fourth-order valence-corrected chi connectivity index (χ4v) is 4.38. The van der Waals surface area contributed by atoms with Crippen molar-refractivity contribution < 1.29 is 14.5 Å². The first-order chi connectivity index (χ1) is 18.4. The van der Waals surface area contributed by atoms with Crippen LogP contribution in [0.3, 0.4) is 0 Å². The molecular formula is C31H29N3O4. The topological polar surface area (TPSA) is 101 Å². The molecule has 4 aromatic carbocycles. The fraction of sp³-hybridized carbons (Fsp3) is 0.161. The zero-order valence-electron chi connectivity index (χ0n) is 21.0. The highest BCUT2D eigenvalue weighted by molar-refractivity contribution is 5.92. The van der Waals surface area contributed by atoms with Crippen LogP contribution >= 0.6 is 0 Å². The summed E-state index contributed by atoms with van der Waals surface area (Å²) in [5, 5.41) is 17.1. The summed E-state index contributed by atoms with van der Waals surface area (Å²) >= 11 is 0. The highest BCUT2D eigenvalue weighted by Gasteiger charge is 2.29. The predicted octanol–water partition coefficient (Wildman–Crippen LogP) is 5.33. The number of nitro groups is 1. The molecule has 0 bridgehead atoms. The van der Waals surface area contributed by atoms with Gasteiger partial charge in [0.15, 0.2) is 0 Å². The molecule has 0 saturated heterocycles. The first-order valence-corrected chi connectivity index (χ1v) is 12.4. The van der Waals surface area contributed by atoms with Crippen LogP contribution in [0.15, 0.2) is 115 Å². The number of nitrogens with zero attached hydrogens (tertiary/aromatic N) is 1. The van der Waals surface area contributed by atoms with Gasteiger partial charge in [-0.25, -0.2) is 0 Å². The summed E-state index contributed by atoms with van der Waals surface area (Å²) in [5.41, 5.74) is 3.21. The average Bonchev–Trinajstić information content (AvgIpc) is 2.94. The molecule has 0 aliphatic rings. The van der Waals surface area contributed by atoms with Gasteiger partial charge in [0.1, 0.15) is 6.04 Å². The van der Waals surface area contributed by atoms with Crippen molar-refractivity contribution >= 4 is 17.5 Å². The highest BCUT2D eigenvalue weighted by Crippen LogP contribution is 2.25. The Morgan fingerprint density at radius 1 is 0.684 bits per heavy atom. The van der Waals surface area contributed by atoms with E-state index < -0.39 is 16.9 Å². The normalized spacial score (nSPS) is 12.4. The molecule has 192 valence electrons. The van der Waals surface area contributed by atoms with Crippen LogP contribution in [0.1, 0.15) is 41.1 Å². The van der Waals surface area contributed by atoms with Crippen LogP contribution < -0.4 is 10.6 Å². The fourth-order valence-electron chi connectivity index (χ4n) is 4.38. The lowest BCUT2D eigenvalue weighted by Crippen LogP contribution is -2.49. The summed E-state index contributed by atoms with van der Waals surface area (Å²) in [6, 6.07) is 33.2. The Morgan fingerprint density at radius 3 is 1.63 bits per heavy atom. The predicted molar refractivity (Wildman–Crippen MR) is 146 cm³/mol. The first-order valence-electron chi connectivity index (χ1n) is 12.4. The molecule has 0 aromatic heterocycles. The second-order valence-electron chi connectivity index (χ2n) is 9.08. The van der Waals surface area contributed by atoms with Gasteiger partial charge in [0.2, 0.25) is 11.8 Å². The van der Waals surface area contributed by atoms with Gasteiger partial charge in [-0.3, -0.25) is 19.7 Å². The van der Waals surface area contributed by atoms with Crippen molar-refractivity contribution in [3.05, 3.63) is 148 Å². The van der Waals surface area contributed by atoms with E-state index in [1.165, 1.54) is 12.1 Å². The van der Waals surface area contributed by atoms with Gasteiger partial charge in [-0.05, 0) is 29.2 Å². The maximum Gasteiger partial charge on any atom is 0.269 e. The van der Waals surface area contributed by atoms with Crippen molar-refractivity contribution in [2.45, 2.75) is 31.3 Å². The Hall–Kier alpha value is -4.78. The van der Waals surface area contributed by atoms with Gasteiger partial charge in [0, 0.05) is 18.6 Å². The van der Waals surface area contributed by atoms with Gasteiger partial charge < -0.3 is 10.6 Å². The Kier molecular flexibility index (Phi) is 8.61. The number of amides is 2. The van der Waals surface area contributed by atoms with E-state index in [0.717, 1.165) is 16.7 Å². The van der Waals surface area contributed by atoms with Crippen molar-refractivity contribution in [1.29, 1.82) is 0 Å². The van der Waals surface area contributed by atoms with Gasteiger partial charge in [0.25, 0.3) is 5.69 Å². The molecule has 4 rings (SSSR count). The summed E-state index contributed by atoms with van der Waals surface area (Å²) < 4.78 is 0. The standard InChI is InChI=1S/C31H29N3O4/c1-22(24-11-5-2-6-12-24)32-30(35)28(21-23-17-19-27(20-18-23)34(37)38)33-31(36)29(25-13-7-3-8-14-25)26-15-9-4-10-16-26/h2-20,22,28-29H,21H2,1H3,(H,32,35)(H,33,36)/t22-,28+/m1/s1. The van der Waals surface area contributed by atoms with Crippen LogP contribution in [0, 0.1) is 10.1 Å². The van der Waals surface area contributed by atoms with E-state index in [1.54, 1.807) is 12.1 Å². The van der Waals surface area contributed by atoms with Gasteiger partial charge in [-0.2, -0.15) is 0 Å². The van der Waals surface area contributed by atoms with Crippen molar-refractivity contribution in [2.75, 3.05) is 0 Å². The minimum Gasteiger partial charge on any atom is -0.348 e. The van der Waals surface area contributed by atoms with E-state index in [2.05, 4.69) is 10.6 Å². The smallest absolute Gasteiger partial charge is 0.269 e. The largest absolute Gasteiger partial charge is 0.348 e. The molecule has 7 nitrogen and oxygen atoms in total. The van der Waals surface area contributed by atoms with Crippen LogP contribution in [-0.4, -0.2) is 22.8 Å². The van der Waals surface area contributed by atoms with Gasteiger partial charge in [-0.15, -0.1) is 0 Å². The van der Waals surface area contributed by atoms with E-state index in [9.17, 15) is 19.7 Å². The summed E-state index contributed by atoms with van der Waals surface area (Å²) in [5.74, 6) is -1.26. The van der Waals surface area contributed by atoms with Crippen molar-refractivity contribution in [2.24, 2.45) is 0 Å². The Balaban J connectivity index is 1.61. The second-order valence-corrected chi connectivity index (χ2v) is 9.08. The van der Waals surface area contributed by atoms with E-state index in [1.807, 2.05) is 97.9 Å². The zero-order valence-corrected chi connectivity index (χ0v) is 21.0. The van der Waals surface area contributed by atoms with Gasteiger partial charge in [0.05, 0.1) is 16.9 Å². The first kappa shape index (κ1) is 26.3. The monoisotopic (exact) mass is 507 g/mol. The summed E-state index contributed by atoms with van der Waals surface area (Å²) in [6.07, 6.45) is 0.174. The number of hydrogen-bond acceptors (Lipinski definition) is 4. The molecule has 38 heavy (non-hydrogen) atoms. The molecule has 0 saturated carbocycles. The molecule has 0 radical (unpaired) electrons. The van der Waals surface area contributed by atoms with Gasteiger partial charge in [-0.1, -0.05) is 103 Å². The quantitative estimate of drug-likeness (QED) is 0.224. The molecule has 2 N–H and O–H groups in total. The Morgan fingerprint density at radius 2 is 1.16 bits per heavy atom. The minimum atomic E-state index is -0.898. The molecular weight excluding hydrogens is 478 g/mol. The third-order valence-electron chi connectivity index (χ3n) is 6.41. The number of non-ortho nitro benzene ring substituents is 1. The molecule has 7 heteroatoms. The maximum atomic E-state index is 13.8. The molecule has 2 amide bonds. The van der Waals surface area contributed by atoms with Crippen LogP contribution in [0.2, 0.25) is 0 Å². The lowest BCUT2D eigenvalue weighted by atomic mass is 9.90. The van der Waals surface area contributed by atoms with E-state index >= 15 is 0 Å². The molecule has 0 aliphatic carbocycles.